The van der Waals surface area contributed by atoms with Crippen molar-refractivity contribution in [3.8, 4) is 0 Å². The predicted molar refractivity (Wildman–Crippen MR) is 130 cm³/mol. The average Bonchev–Trinajstić information content (AvgIpc) is 2.80. The largest absolute Gasteiger partial charge is 0.381 e. The van der Waals surface area contributed by atoms with Crippen LogP contribution in [0.1, 0.15) is 61.4 Å². The van der Waals surface area contributed by atoms with Crippen molar-refractivity contribution >= 4 is 23.4 Å². The van der Waals surface area contributed by atoms with E-state index >= 15 is 0 Å². The fraction of sp³-hybridized carbons (Fsp3) is 0.481. The van der Waals surface area contributed by atoms with E-state index in [9.17, 15) is 9.59 Å². The first-order valence-electron chi connectivity index (χ1n) is 11.8. The van der Waals surface area contributed by atoms with E-state index in [1.807, 2.05) is 35.2 Å². The summed E-state index contributed by atoms with van der Waals surface area (Å²) in [6, 6.07) is 17.3. The molecule has 1 N–H and O–H groups in total. The quantitative estimate of drug-likeness (QED) is 0.667. The number of nitrogens with zero attached hydrogens (tertiary/aromatic N) is 1. The molecule has 2 heterocycles. The second-order valence-corrected chi connectivity index (χ2v) is 10.5. The Kier molecular flexibility index (Phi) is 7.10. The molecular weight excluding hydrogens is 436 g/mol. The molecular formula is C27H33ClN2O3. The third-order valence-electron chi connectivity index (χ3n) is 7.21. The van der Waals surface area contributed by atoms with Gasteiger partial charge in [0.25, 0.3) is 5.91 Å². The Morgan fingerprint density at radius 3 is 2.36 bits per heavy atom. The fourth-order valence-electron chi connectivity index (χ4n) is 5.29. The van der Waals surface area contributed by atoms with E-state index in [4.69, 9.17) is 16.3 Å². The van der Waals surface area contributed by atoms with Crippen molar-refractivity contribution in [3.63, 3.8) is 0 Å². The lowest BCUT2D eigenvalue weighted by Crippen LogP contribution is -2.56. The van der Waals surface area contributed by atoms with Crippen molar-refractivity contribution < 1.29 is 14.3 Å². The molecule has 176 valence electrons. The topological polar surface area (TPSA) is 58.6 Å². The maximum Gasteiger partial charge on any atom is 0.251 e. The zero-order chi connectivity index (χ0) is 23.5. The van der Waals surface area contributed by atoms with Gasteiger partial charge in [0.15, 0.2) is 0 Å². The van der Waals surface area contributed by atoms with Crippen LogP contribution in [0.3, 0.4) is 0 Å². The summed E-state index contributed by atoms with van der Waals surface area (Å²) in [6.07, 6.45) is 2.49. The van der Waals surface area contributed by atoms with Crippen molar-refractivity contribution in [2.45, 2.75) is 51.0 Å². The number of rotatable bonds is 5. The number of piperidine rings is 1. The maximum absolute atomic E-state index is 13.5. The summed E-state index contributed by atoms with van der Waals surface area (Å²) in [5.41, 5.74) is 1.25. The van der Waals surface area contributed by atoms with Crippen LogP contribution in [-0.4, -0.2) is 48.6 Å². The zero-order valence-electron chi connectivity index (χ0n) is 19.5. The van der Waals surface area contributed by atoms with Crippen LogP contribution in [-0.2, 0) is 9.53 Å². The maximum atomic E-state index is 13.5. The Bertz CT molecular complexity index is 969. The first-order chi connectivity index (χ1) is 15.8. The summed E-state index contributed by atoms with van der Waals surface area (Å²) in [4.78, 5) is 28.4. The first-order valence-corrected chi connectivity index (χ1v) is 12.1. The van der Waals surface area contributed by atoms with Gasteiger partial charge in [-0.25, -0.2) is 0 Å². The highest BCUT2D eigenvalue weighted by atomic mass is 35.5. The molecule has 33 heavy (non-hydrogen) atoms. The minimum atomic E-state index is -0.570. The third-order valence-corrected chi connectivity index (χ3v) is 7.46. The van der Waals surface area contributed by atoms with Crippen LogP contribution in [0.2, 0.25) is 5.02 Å². The van der Waals surface area contributed by atoms with E-state index < -0.39 is 5.54 Å². The molecule has 4 rings (SSSR count). The molecule has 0 bridgehead atoms. The van der Waals surface area contributed by atoms with Gasteiger partial charge < -0.3 is 15.0 Å². The van der Waals surface area contributed by atoms with Gasteiger partial charge in [-0.3, -0.25) is 9.59 Å². The monoisotopic (exact) mass is 468 g/mol. The molecule has 0 aromatic heterocycles. The summed E-state index contributed by atoms with van der Waals surface area (Å²) in [6.45, 7) is 6.96. The number of halogens is 1. The Morgan fingerprint density at radius 1 is 1.06 bits per heavy atom. The molecule has 2 aromatic rings. The van der Waals surface area contributed by atoms with Crippen LogP contribution in [0.5, 0.6) is 0 Å². The lowest BCUT2D eigenvalue weighted by molar-refractivity contribution is -0.137. The van der Waals surface area contributed by atoms with Gasteiger partial charge in [-0.15, -0.1) is 0 Å². The number of likely N-dealkylation sites (tertiary alicyclic amines) is 1. The van der Waals surface area contributed by atoms with Crippen LogP contribution in [0, 0.1) is 5.41 Å². The number of carbonyl (C=O) groups is 2. The molecule has 5 nitrogen and oxygen atoms in total. The molecule has 2 amide bonds. The zero-order valence-corrected chi connectivity index (χ0v) is 20.2. The standard InChI is InChI=1S/C27H33ClN2O3/c1-26(2)19-30(15-12-23(26)20-8-10-22(28)11-9-20)24(31)18-27(13-16-33-17-14-27)29-25(32)21-6-4-3-5-7-21/h3-11,23H,12-19H2,1-2H3,(H,29,32). The second-order valence-electron chi connectivity index (χ2n) is 10.1. The normalized spacial score (nSPS) is 21.9. The highest BCUT2D eigenvalue weighted by Gasteiger charge is 2.42. The van der Waals surface area contributed by atoms with Crippen molar-refractivity contribution in [2.75, 3.05) is 26.3 Å². The van der Waals surface area contributed by atoms with Crippen LogP contribution in [0.4, 0.5) is 0 Å². The van der Waals surface area contributed by atoms with E-state index in [2.05, 4.69) is 31.3 Å². The van der Waals surface area contributed by atoms with E-state index in [1.165, 1.54) is 5.56 Å². The number of carbonyl (C=O) groups excluding carboxylic acids is 2. The van der Waals surface area contributed by atoms with Crippen molar-refractivity contribution in [1.29, 1.82) is 0 Å². The van der Waals surface area contributed by atoms with Crippen LogP contribution in [0.15, 0.2) is 54.6 Å². The third kappa shape index (κ3) is 5.59. The summed E-state index contributed by atoms with van der Waals surface area (Å²) in [5, 5.41) is 3.94. The minimum absolute atomic E-state index is 0.0577. The minimum Gasteiger partial charge on any atom is -0.381 e. The number of hydrogen-bond donors (Lipinski definition) is 1. The summed E-state index contributed by atoms with van der Waals surface area (Å²) < 4.78 is 5.56. The van der Waals surface area contributed by atoms with Gasteiger partial charge in [-0.05, 0) is 60.4 Å². The molecule has 6 heteroatoms. The van der Waals surface area contributed by atoms with Crippen LogP contribution < -0.4 is 5.32 Å². The van der Waals surface area contributed by atoms with Gasteiger partial charge in [0.1, 0.15) is 0 Å². The van der Waals surface area contributed by atoms with Crippen molar-refractivity contribution in [1.82, 2.24) is 10.2 Å². The molecule has 0 saturated carbocycles. The predicted octanol–water partition coefficient (Wildman–Crippen LogP) is 5.05. The SMILES string of the molecule is CC1(C)CN(C(=O)CC2(NC(=O)c3ccccc3)CCOCC2)CCC1c1ccc(Cl)cc1. The van der Waals surface area contributed by atoms with Gasteiger partial charge in [0.2, 0.25) is 5.91 Å². The molecule has 1 unspecified atom stereocenters. The fourth-order valence-corrected chi connectivity index (χ4v) is 5.42. The lowest BCUT2D eigenvalue weighted by Gasteiger charge is -2.46. The lowest BCUT2D eigenvalue weighted by atomic mass is 9.70. The van der Waals surface area contributed by atoms with E-state index in [1.54, 1.807) is 12.1 Å². The Labute approximate surface area is 201 Å². The Hall–Kier alpha value is -2.37. The number of amides is 2. The molecule has 2 fully saturated rings. The highest BCUT2D eigenvalue weighted by Crippen LogP contribution is 2.43. The van der Waals surface area contributed by atoms with E-state index in [0.29, 0.717) is 50.5 Å². The van der Waals surface area contributed by atoms with E-state index in [-0.39, 0.29) is 17.2 Å². The summed E-state index contributed by atoms with van der Waals surface area (Å²) in [5.74, 6) is 0.341. The molecule has 1 atom stereocenters. The van der Waals surface area contributed by atoms with Gasteiger partial charge in [0, 0.05) is 36.9 Å². The summed E-state index contributed by atoms with van der Waals surface area (Å²) in [7, 11) is 0. The molecule has 2 saturated heterocycles. The number of nitrogens with one attached hydrogen (secondary N) is 1. The molecule has 2 aliphatic heterocycles. The van der Waals surface area contributed by atoms with Gasteiger partial charge in [-0.2, -0.15) is 0 Å². The van der Waals surface area contributed by atoms with Crippen LogP contribution in [0.25, 0.3) is 0 Å². The van der Waals surface area contributed by atoms with Crippen molar-refractivity contribution in [3.05, 3.63) is 70.7 Å². The molecule has 2 aromatic carbocycles. The molecule has 2 aliphatic rings. The first kappa shape index (κ1) is 23.8. The van der Waals surface area contributed by atoms with Crippen LogP contribution >= 0.6 is 11.6 Å². The summed E-state index contributed by atoms with van der Waals surface area (Å²) >= 11 is 6.08. The number of hydrogen-bond acceptors (Lipinski definition) is 3. The Morgan fingerprint density at radius 2 is 1.73 bits per heavy atom. The molecule has 0 spiro atoms. The van der Waals surface area contributed by atoms with E-state index in [0.717, 1.165) is 18.0 Å². The van der Waals surface area contributed by atoms with Gasteiger partial charge in [-0.1, -0.05) is 55.8 Å². The Balaban J connectivity index is 1.45. The second kappa shape index (κ2) is 9.86. The number of ether oxygens (including phenoxy) is 1. The number of benzene rings is 2. The van der Waals surface area contributed by atoms with Gasteiger partial charge >= 0.3 is 0 Å². The molecule has 0 radical (unpaired) electrons. The smallest absolute Gasteiger partial charge is 0.251 e. The van der Waals surface area contributed by atoms with Gasteiger partial charge in [0.05, 0.1) is 12.0 Å². The average molecular weight is 469 g/mol. The molecule has 0 aliphatic carbocycles. The van der Waals surface area contributed by atoms with Crippen molar-refractivity contribution in [2.24, 2.45) is 5.41 Å². The highest BCUT2D eigenvalue weighted by molar-refractivity contribution is 6.30.